The predicted octanol–water partition coefficient (Wildman–Crippen LogP) is -0.320. The largest absolute Gasteiger partial charge is 0.481 e. The van der Waals surface area contributed by atoms with E-state index in [1.165, 1.54) is 4.90 Å². The Hall–Kier alpha value is -1.31. The minimum Gasteiger partial charge on any atom is -0.481 e. The number of carbonyl (C=O) groups is 2. The molecule has 0 aromatic rings. The molecule has 0 bridgehead atoms. The van der Waals surface area contributed by atoms with Crippen LogP contribution in [0.3, 0.4) is 0 Å². The van der Waals surface area contributed by atoms with Crippen molar-refractivity contribution in [2.75, 3.05) is 24.6 Å². The number of amides is 2. The van der Waals surface area contributed by atoms with E-state index >= 15 is 0 Å². The van der Waals surface area contributed by atoms with Crippen LogP contribution in [0.2, 0.25) is 0 Å². The summed E-state index contributed by atoms with van der Waals surface area (Å²) in [5, 5.41) is 11.7. The second kappa shape index (κ2) is 5.36. The summed E-state index contributed by atoms with van der Waals surface area (Å²) in [6, 6.07) is -0.405. The van der Waals surface area contributed by atoms with Gasteiger partial charge in [-0.1, -0.05) is 0 Å². The van der Waals surface area contributed by atoms with Crippen molar-refractivity contribution < 1.29 is 23.1 Å². The summed E-state index contributed by atoms with van der Waals surface area (Å²) < 4.78 is 22.5. The lowest BCUT2D eigenvalue weighted by atomic mass is 10.1. The third kappa shape index (κ3) is 3.59. The SMILES string of the molecule is O=C(O)[C@@H]1CC[C@H](NC(=O)N2CCS(=O)(=O)CC2)C1. The first-order valence-corrected chi connectivity index (χ1v) is 8.18. The number of nitrogens with one attached hydrogen (secondary N) is 1. The number of hydrogen-bond acceptors (Lipinski definition) is 4. The molecule has 1 aliphatic carbocycles. The molecule has 7 nitrogen and oxygen atoms in total. The molecular formula is C11H18N2O5S. The molecule has 2 rings (SSSR count). The number of urea groups is 1. The normalized spacial score (nSPS) is 30.0. The fourth-order valence-electron chi connectivity index (χ4n) is 2.52. The molecule has 2 N–H and O–H groups in total. The van der Waals surface area contributed by atoms with Gasteiger partial charge in [-0.2, -0.15) is 0 Å². The molecule has 0 aromatic heterocycles. The van der Waals surface area contributed by atoms with Crippen LogP contribution in [0.5, 0.6) is 0 Å². The second-order valence-corrected chi connectivity index (χ2v) is 7.44. The highest BCUT2D eigenvalue weighted by atomic mass is 32.2. The number of nitrogens with zero attached hydrogens (tertiary/aromatic N) is 1. The van der Waals surface area contributed by atoms with Crippen molar-refractivity contribution in [1.29, 1.82) is 0 Å². The van der Waals surface area contributed by atoms with E-state index in [0.717, 1.165) is 0 Å². The Labute approximate surface area is 111 Å². The Morgan fingerprint density at radius 3 is 2.32 bits per heavy atom. The van der Waals surface area contributed by atoms with Crippen molar-refractivity contribution in [1.82, 2.24) is 10.2 Å². The molecule has 2 amide bonds. The van der Waals surface area contributed by atoms with Crippen molar-refractivity contribution in [3.63, 3.8) is 0 Å². The highest BCUT2D eigenvalue weighted by Gasteiger charge is 2.32. The van der Waals surface area contributed by atoms with Crippen molar-refractivity contribution in [3.8, 4) is 0 Å². The molecule has 19 heavy (non-hydrogen) atoms. The van der Waals surface area contributed by atoms with Gasteiger partial charge in [0.2, 0.25) is 0 Å². The molecule has 108 valence electrons. The van der Waals surface area contributed by atoms with Crippen LogP contribution in [0.4, 0.5) is 4.79 Å². The van der Waals surface area contributed by atoms with Crippen LogP contribution >= 0.6 is 0 Å². The fourth-order valence-corrected chi connectivity index (χ4v) is 3.72. The van der Waals surface area contributed by atoms with E-state index in [1.807, 2.05) is 0 Å². The van der Waals surface area contributed by atoms with E-state index < -0.39 is 15.8 Å². The number of carbonyl (C=O) groups excluding carboxylic acids is 1. The Morgan fingerprint density at radius 2 is 1.79 bits per heavy atom. The molecule has 2 atom stereocenters. The van der Waals surface area contributed by atoms with Gasteiger partial charge in [0.1, 0.15) is 0 Å². The summed E-state index contributed by atoms with van der Waals surface area (Å²) in [6.45, 7) is 0.423. The second-order valence-electron chi connectivity index (χ2n) is 5.13. The Morgan fingerprint density at radius 1 is 1.16 bits per heavy atom. The van der Waals surface area contributed by atoms with E-state index in [4.69, 9.17) is 5.11 Å². The summed E-state index contributed by atoms with van der Waals surface area (Å²) in [7, 11) is -3.00. The fraction of sp³-hybridized carbons (Fsp3) is 0.818. The maximum Gasteiger partial charge on any atom is 0.317 e. The van der Waals surface area contributed by atoms with Crippen LogP contribution in [-0.2, 0) is 14.6 Å². The first-order valence-electron chi connectivity index (χ1n) is 6.36. The van der Waals surface area contributed by atoms with Gasteiger partial charge in [-0.15, -0.1) is 0 Å². The zero-order valence-corrected chi connectivity index (χ0v) is 11.4. The van der Waals surface area contributed by atoms with Gasteiger partial charge in [-0.25, -0.2) is 13.2 Å². The highest BCUT2D eigenvalue weighted by molar-refractivity contribution is 7.91. The molecule has 2 fully saturated rings. The van der Waals surface area contributed by atoms with Crippen molar-refractivity contribution in [2.45, 2.75) is 25.3 Å². The number of sulfone groups is 1. The highest BCUT2D eigenvalue weighted by Crippen LogP contribution is 2.25. The Bertz CT molecular complexity index is 461. The average molecular weight is 290 g/mol. The summed E-state index contributed by atoms with van der Waals surface area (Å²) in [4.78, 5) is 24.2. The van der Waals surface area contributed by atoms with Gasteiger partial charge in [0.25, 0.3) is 0 Å². The summed E-state index contributed by atoms with van der Waals surface area (Å²) >= 11 is 0. The standard InChI is InChI=1S/C11H18N2O5S/c14-10(15)8-1-2-9(7-8)12-11(16)13-3-5-19(17,18)6-4-13/h8-9H,1-7H2,(H,12,16)(H,14,15)/t8-,9+/m1/s1. The van der Waals surface area contributed by atoms with E-state index in [9.17, 15) is 18.0 Å². The molecule has 1 heterocycles. The third-order valence-electron chi connectivity index (χ3n) is 3.74. The lowest BCUT2D eigenvalue weighted by Crippen LogP contribution is -2.50. The van der Waals surface area contributed by atoms with Gasteiger partial charge in [0, 0.05) is 19.1 Å². The van der Waals surface area contributed by atoms with Gasteiger partial charge in [-0.05, 0) is 19.3 Å². The predicted molar refractivity (Wildman–Crippen MR) is 67.5 cm³/mol. The van der Waals surface area contributed by atoms with Gasteiger partial charge in [-0.3, -0.25) is 4.79 Å². The third-order valence-corrected chi connectivity index (χ3v) is 5.35. The molecule has 1 aliphatic heterocycles. The molecule has 2 aliphatic rings. The zero-order valence-electron chi connectivity index (χ0n) is 10.5. The lowest BCUT2D eigenvalue weighted by Gasteiger charge is -2.28. The molecule has 1 saturated heterocycles. The first-order chi connectivity index (χ1) is 8.87. The smallest absolute Gasteiger partial charge is 0.317 e. The maximum atomic E-state index is 11.9. The van der Waals surface area contributed by atoms with Gasteiger partial charge in [0.05, 0.1) is 17.4 Å². The van der Waals surface area contributed by atoms with Gasteiger partial charge in [0.15, 0.2) is 9.84 Å². The number of carboxylic acids is 1. The van der Waals surface area contributed by atoms with E-state index in [1.54, 1.807) is 0 Å². The van der Waals surface area contributed by atoms with Gasteiger partial charge < -0.3 is 15.3 Å². The number of aliphatic carboxylic acids is 1. The van der Waals surface area contributed by atoms with Crippen LogP contribution in [0, 0.1) is 5.92 Å². The molecule has 0 spiro atoms. The van der Waals surface area contributed by atoms with E-state index in [-0.39, 0.29) is 42.6 Å². The summed E-state index contributed by atoms with van der Waals surface area (Å²) in [5.74, 6) is -1.20. The van der Waals surface area contributed by atoms with E-state index in [0.29, 0.717) is 19.3 Å². The number of hydrogen-bond donors (Lipinski definition) is 2. The summed E-state index contributed by atoms with van der Waals surface area (Å²) in [6.07, 6.45) is 1.69. The molecule has 0 aromatic carbocycles. The zero-order chi connectivity index (χ0) is 14.0. The summed E-state index contributed by atoms with van der Waals surface area (Å²) in [5.41, 5.74) is 0. The Kier molecular flexibility index (Phi) is 3.98. The lowest BCUT2D eigenvalue weighted by molar-refractivity contribution is -0.141. The molecule has 8 heteroatoms. The van der Waals surface area contributed by atoms with Crippen molar-refractivity contribution >= 4 is 21.8 Å². The molecule has 0 unspecified atom stereocenters. The minimum atomic E-state index is -3.00. The average Bonchev–Trinajstić information content (AvgIpc) is 2.77. The van der Waals surface area contributed by atoms with Crippen LogP contribution < -0.4 is 5.32 Å². The van der Waals surface area contributed by atoms with Crippen LogP contribution in [-0.4, -0.2) is 61.1 Å². The quantitative estimate of drug-likeness (QED) is 0.725. The molecule has 1 saturated carbocycles. The Balaban J connectivity index is 1.81. The van der Waals surface area contributed by atoms with Crippen LogP contribution in [0.25, 0.3) is 0 Å². The molecule has 0 radical (unpaired) electrons. The maximum absolute atomic E-state index is 11.9. The van der Waals surface area contributed by atoms with Crippen molar-refractivity contribution in [3.05, 3.63) is 0 Å². The number of rotatable bonds is 2. The van der Waals surface area contributed by atoms with Crippen molar-refractivity contribution in [2.24, 2.45) is 5.92 Å². The monoisotopic (exact) mass is 290 g/mol. The topological polar surface area (TPSA) is 104 Å². The van der Waals surface area contributed by atoms with E-state index in [2.05, 4.69) is 5.32 Å². The number of carboxylic acid groups (broad SMARTS) is 1. The van der Waals surface area contributed by atoms with Crippen LogP contribution in [0.15, 0.2) is 0 Å². The minimum absolute atomic E-state index is 0.00282. The van der Waals surface area contributed by atoms with Crippen LogP contribution in [0.1, 0.15) is 19.3 Å². The first kappa shape index (κ1) is 14.1. The molecular weight excluding hydrogens is 272 g/mol. The van der Waals surface area contributed by atoms with Gasteiger partial charge >= 0.3 is 12.0 Å².